The smallest absolute Gasteiger partial charge is 0.241 e. The summed E-state index contributed by atoms with van der Waals surface area (Å²) in [6, 6.07) is 8.30. The van der Waals surface area contributed by atoms with Crippen molar-refractivity contribution in [3.05, 3.63) is 35.4 Å². The number of nitrogens with zero attached hydrogens (tertiary/aromatic N) is 1. The topological polar surface area (TPSA) is 41.6 Å². The van der Waals surface area contributed by atoms with Crippen molar-refractivity contribution < 1.29 is 9.53 Å². The average Bonchev–Trinajstić information content (AvgIpc) is 2.78. The highest BCUT2D eigenvalue weighted by atomic mass is 16.5. The molecule has 0 bridgehead atoms. The van der Waals surface area contributed by atoms with Gasteiger partial charge in [-0.2, -0.15) is 0 Å². The summed E-state index contributed by atoms with van der Waals surface area (Å²) in [6.45, 7) is 7.64. The van der Waals surface area contributed by atoms with Crippen LogP contribution in [0.25, 0.3) is 0 Å². The summed E-state index contributed by atoms with van der Waals surface area (Å²) < 4.78 is 5.11. The first kappa shape index (κ1) is 16.0. The highest BCUT2D eigenvalue weighted by Gasteiger charge is 2.40. The standard InChI is InChI=1S/C17H26N2O2/c1-12(2)15-17(20)19(10-5-11-21-4)16(18-15)14-8-6-13(3)7-9-14/h6-9,12,15-16,18H,5,10-11H2,1-4H3. The minimum Gasteiger partial charge on any atom is -0.385 e. The molecule has 0 radical (unpaired) electrons. The van der Waals surface area contributed by atoms with Gasteiger partial charge in [-0.25, -0.2) is 0 Å². The maximum Gasteiger partial charge on any atom is 0.241 e. The molecule has 116 valence electrons. The predicted molar refractivity (Wildman–Crippen MR) is 83.9 cm³/mol. The molecule has 0 saturated carbocycles. The van der Waals surface area contributed by atoms with Gasteiger partial charge < -0.3 is 9.64 Å². The van der Waals surface area contributed by atoms with E-state index in [0.29, 0.717) is 6.61 Å². The highest BCUT2D eigenvalue weighted by Crippen LogP contribution is 2.28. The largest absolute Gasteiger partial charge is 0.385 e. The molecule has 4 nitrogen and oxygen atoms in total. The Morgan fingerprint density at radius 1 is 1.29 bits per heavy atom. The number of carbonyl (C=O) groups excluding carboxylic acids is 1. The number of methoxy groups -OCH3 is 1. The van der Waals surface area contributed by atoms with E-state index in [4.69, 9.17) is 4.74 Å². The van der Waals surface area contributed by atoms with Crippen molar-refractivity contribution in [2.75, 3.05) is 20.3 Å². The fourth-order valence-corrected chi connectivity index (χ4v) is 2.76. The maximum absolute atomic E-state index is 12.6. The summed E-state index contributed by atoms with van der Waals surface area (Å²) in [4.78, 5) is 14.6. The molecule has 1 saturated heterocycles. The number of rotatable bonds is 6. The van der Waals surface area contributed by atoms with Crippen molar-refractivity contribution in [2.24, 2.45) is 5.92 Å². The Hall–Kier alpha value is -1.39. The Morgan fingerprint density at radius 3 is 2.52 bits per heavy atom. The summed E-state index contributed by atoms with van der Waals surface area (Å²) >= 11 is 0. The molecule has 1 fully saturated rings. The van der Waals surface area contributed by atoms with Crippen LogP contribution in [-0.4, -0.2) is 37.1 Å². The molecule has 2 atom stereocenters. The summed E-state index contributed by atoms with van der Waals surface area (Å²) in [6.07, 6.45) is 0.833. The number of carbonyl (C=O) groups is 1. The van der Waals surface area contributed by atoms with Gasteiger partial charge in [-0.05, 0) is 24.8 Å². The van der Waals surface area contributed by atoms with E-state index in [1.165, 1.54) is 5.56 Å². The van der Waals surface area contributed by atoms with Crippen molar-refractivity contribution in [3.8, 4) is 0 Å². The summed E-state index contributed by atoms with van der Waals surface area (Å²) in [7, 11) is 1.69. The van der Waals surface area contributed by atoms with Crippen LogP contribution in [0.5, 0.6) is 0 Å². The minimum atomic E-state index is -0.0983. The minimum absolute atomic E-state index is 0.0256. The number of nitrogens with one attached hydrogen (secondary N) is 1. The first-order valence-electron chi connectivity index (χ1n) is 7.66. The Morgan fingerprint density at radius 2 is 1.95 bits per heavy atom. The fraction of sp³-hybridized carbons (Fsp3) is 0.588. The lowest BCUT2D eigenvalue weighted by atomic mass is 10.0. The number of aryl methyl sites for hydroxylation is 1. The van der Waals surface area contributed by atoms with Gasteiger partial charge in [0, 0.05) is 20.3 Å². The van der Waals surface area contributed by atoms with Crippen molar-refractivity contribution >= 4 is 5.91 Å². The zero-order valence-electron chi connectivity index (χ0n) is 13.4. The van der Waals surface area contributed by atoms with Gasteiger partial charge in [0.1, 0.15) is 6.17 Å². The molecule has 1 amide bonds. The Balaban J connectivity index is 2.18. The Labute approximate surface area is 127 Å². The van der Waals surface area contributed by atoms with Gasteiger partial charge in [0.15, 0.2) is 0 Å². The molecule has 1 heterocycles. The van der Waals surface area contributed by atoms with Crippen LogP contribution in [0.3, 0.4) is 0 Å². The van der Waals surface area contributed by atoms with Crippen molar-refractivity contribution in [1.29, 1.82) is 0 Å². The van der Waals surface area contributed by atoms with E-state index in [-0.39, 0.29) is 24.0 Å². The molecule has 1 N–H and O–H groups in total. The molecule has 1 aromatic carbocycles. The Kier molecular flexibility index (Phi) is 5.37. The molecule has 4 heteroatoms. The normalized spacial score (nSPS) is 22.3. The van der Waals surface area contributed by atoms with Crippen LogP contribution in [-0.2, 0) is 9.53 Å². The first-order valence-corrected chi connectivity index (χ1v) is 7.66. The van der Waals surface area contributed by atoms with Gasteiger partial charge in [-0.3, -0.25) is 10.1 Å². The molecular formula is C17H26N2O2. The third-order valence-electron chi connectivity index (χ3n) is 4.01. The average molecular weight is 290 g/mol. The molecule has 1 aromatic rings. The van der Waals surface area contributed by atoms with Gasteiger partial charge in [-0.15, -0.1) is 0 Å². The summed E-state index contributed by atoms with van der Waals surface area (Å²) in [5.41, 5.74) is 2.38. The van der Waals surface area contributed by atoms with E-state index in [0.717, 1.165) is 18.5 Å². The summed E-state index contributed by atoms with van der Waals surface area (Å²) in [5, 5.41) is 3.49. The monoisotopic (exact) mass is 290 g/mol. The molecule has 21 heavy (non-hydrogen) atoms. The predicted octanol–water partition coefficient (Wildman–Crippen LogP) is 2.49. The quantitative estimate of drug-likeness (QED) is 0.818. The lowest BCUT2D eigenvalue weighted by Gasteiger charge is -2.24. The van der Waals surface area contributed by atoms with E-state index in [1.54, 1.807) is 7.11 Å². The lowest BCUT2D eigenvalue weighted by molar-refractivity contribution is -0.131. The molecule has 1 aliphatic rings. The van der Waals surface area contributed by atoms with E-state index < -0.39 is 0 Å². The zero-order valence-corrected chi connectivity index (χ0v) is 13.4. The molecule has 0 aromatic heterocycles. The van der Waals surface area contributed by atoms with E-state index >= 15 is 0 Å². The van der Waals surface area contributed by atoms with Crippen LogP contribution in [0.4, 0.5) is 0 Å². The van der Waals surface area contributed by atoms with Crippen LogP contribution in [0.15, 0.2) is 24.3 Å². The fourth-order valence-electron chi connectivity index (χ4n) is 2.76. The van der Waals surface area contributed by atoms with E-state index in [9.17, 15) is 4.79 Å². The van der Waals surface area contributed by atoms with Gasteiger partial charge in [0.25, 0.3) is 0 Å². The molecule has 1 aliphatic heterocycles. The number of amides is 1. The third kappa shape index (κ3) is 3.63. The van der Waals surface area contributed by atoms with Crippen LogP contribution < -0.4 is 5.32 Å². The SMILES string of the molecule is COCCCN1C(=O)C(C(C)C)NC1c1ccc(C)cc1. The van der Waals surface area contributed by atoms with Crippen molar-refractivity contribution in [3.63, 3.8) is 0 Å². The number of hydrogen-bond acceptors (Lipinski definition) is 3. The third-order valence-corrected chi connectivity index (χ3v) is 4.01. The number of benzene rings is 1. The molecule has 0 aliphatic carbocycles. The van der Waals surface area contributed by atoms with Gasteiger partial charge >= 0.3 is 0 Å². The van der Waals surface area contributed by atoms with E-state index in [1.807, 2.05) is 4.90 Å². The second kappa shape index (κ2) is 7.05. The van der Waals surface area contributed by atoms with Crippen molar-refractivity contribution in [2.45, 2.75) is 39.4 Å². The van der Waals surface area contributed by atoms with E-state index in [2.05, 4.69) is 50.4 Å². The second-order valence-electron chi connectivity index (χ2n) is 6.08. The first-order chi connectivity index (χ1) is 10.0. The molecule has 2 rings (SSSR count). The second-order valence-corrected chi connectivity index (χ2v) is 6.08. The van der Waals surface area contributed by atoms with Gasteiger partial charge in [-0.1, -0.05) is 43.7 Å². The van der Waals surface area contributed by atoms with Crippen LogP contribution in [0.1, 0.15) is 37.6 Å². The highest BCUT2D eigenvalue weighted by molar-refractivity contribution is 5.84. The van der Waals surface area contributed by atoms with Crippen LogP contribution >= 0.6 is 0 Å². The zero-order chi connectivity index (χ0) is 15.4. The molecule has 2 unspecified atom stereocenters. The summed E-state index contributed by atoms with van der Waals surface area (Å²) in [5.74, 6) is 0.490. The van der Waals surface area contributed by atoms with Gasteiger partial charge in [0.2, 0.25) is 5.91 Å². The van der Waals surface area contributed by atoms with Crippen LogP contribution in [0, 0.1) is 12.8 Å². The Bertz CT molecular complexity index is 470. The maximum atomic E-state index is 12.6. The number of hydrogen-bond donors (Lipinski definition) is 1. The molecule has 0 spiro atoms. The van der Waals surface area contributed by atoms with Crippen molar-refractivity contribution in [1.82, 2.24) is 10.2 Å². The van der Waals surface area contributed by atoms with Crippen LogP contribution in [0.2, 0.25) is 0 Å². The number of ether oxygens (including phenoxy) is 1. The molecular weight excluding hydrogens is 264 g/mol. The van der Waals surface area contributed by atoms with Gasteiger partial charge in [0.05, 0.1) is 6.04 Å². The lowest BCUT2D eigenvalue weighted by Crippen LogP contribution is -2.35.